The average molecular weight is 488 g/mol. The number of aliphatic hydroxyl groups is 1. The van der Waals surface area contributed by atoms with Crippen LogP contribution in [0.25, 0.3) is 0 Å². The van der Waals surface area contributed by atoms with E-state index in [0.717, 1.165) is 35.3 Å². The lowest BCUT2D eigenvalue weighted by molar-refractivity contribution is -0.132. The molecular weight excluding hydrogens is 453 g/mol. The Hall–Kier alpha value is -3.51. The van der Waals surface area contributed by atoms with E-state index in [1.165, 1.54) is 18.3 Å². The fourth-order valence-electron chi connectivity index (χ4n) is 4.98. The van der Waals surface area contributed by atoms with Crippen LogP contribution in [0.15, 0.2) is 72.8 Å². The summed E-state index contributed by atoms with van der Waals surface area (Å²) in [5, 5.41) is 24.6. The Balaban J connectivity index is 1.66. The molecule has 1 aliphatic carbocycles. The Morgan fingerprint density at radius 1 is 1.11 bits per heavy atom. The molecule has 6 heteroatoms. The van der Waals surface area contributed by atoms with Gasteiger partial charge in [0, 0.05) is 29.1 Å². The van der Waals surface area contributed by atoms with Crippen molar-refractivity contribution in [2.75, 3.05) is 5.32 Å². The summed E-state index contributed by atoms with van der Waals surface area (Å²) in [4.78, 5) is 13.6. The molecule has 0 heterocycles. The van der Waals surface area contributed by atoms with E-state index in [0.29, 0.717) is 18.4 Å². The molecule has 188 valence electrons. The Morgan fingerprint density at radius 2 is 1.83 bits per heavy atom. The van der Waals surface area contributed by atoms with Gasteiger partial charge in [-0.2, -0.15) is 0 Å². The lowest BCUT2D eigenvalue weighted by Crippen LogP contribution is -2.48. The molecule has 3 aromatic carbocycles. The molecular formula is C30H34FN3O2. The molecule has 1 amide bonds. The highest BCUT2D eigenvalue weighted by Gasteiger charge is 2.40. The van der Waals surface area contributed by atoms with Gasteiger partial charge in [0.1, 0.15) is 5.82 Å². The van der Waals surface area contributed by atoms with Gasteiger partial charge in [0.15, 0.2) is 0 Å². The third-order valence-corrected chi connectivity index (χ3v) is 7.29. The summed E-state index contributed by atoms with van der Waals surface area (Å²) < 4.78 is 13.3. The minimum atomic E-state index is -0.774. The summed E-state index contributed by atoms with van der Waals surface area (Å²) >= 11 is 0. The van der Waals surface area contributed by atoms with E-state index >= 15 is 0 Å². The van der Waals surface area contributed by atoms with Gasteiger partial charge >= 0.3 is 0 Å². The van der Waals surface area contributed by atoms with Gasteiger partial charge < -0.3 is 21.1 Å². The molecule has 5 nitrogen and oxygen atoms in total. The fraction of sp³-hybridized carbons (Fsp3) is 0.333. The third kappa shape index (κ3) is 5.82. The van der Waals surface area contributed by atoms with E-state index in [9.17, 15) is 14.3 Å². The van der Waals surface area contributed by atoms with Gasteiger partial charge in [0.25, 0.3) is 0 Å². The first kappa shape index (κ1) is 25.6. The highest BCUT2D eigenvalue weighted by Crippen LogP contribution is 2.40. The summed E-state index contributed by atoms with van der Waals surface area (Å²) in [5.41, 5.74) is 3.43. The van der Waals surface area contributed by atoms with Crippen molar-refractivity contribution in [3.05, 3.63) is 95.3 Å². The van der Waals surface area contributed by atoms with Crippen LogP contribution in [0.1, 0.15) is 55.7 Å². The molecule has 4 N–H and O–H groups in total. The molecule has 0 spiro atoms. The Morgan fingerprint density at radius 3 is 2.47 bits per heavy atom. The standard InChI is InChI=1S/C30H34FN3O2/c1-30(2,29(36)34-27-9-6-10-28(27)35)25(17-20-7-4-3-5-8-20)21-11-16-26(22(18-21)19-32)33-24-14-12-23(31)13-15-24/h3-5,7-8,11-16,18-19,25,27-28,32-33,35H,6,9-10,17H2,1-2H3,(H,34,36). The normalized spacial score (nSPS) is 18.4. The highest BCUT2D eigenvalue weighted by atomic mass is 19.1. The average Bonchev–Trinajstić information content (AvgIpc) is 3.28. The van der Waals surface area contributed by atoms with Crippen molar-refractivity contribution < 1.29 is 14.3 Å². The highest BCUT2D eigenvalue weighted by molar-refractivity contribution is 5.88. The zero-order valence-corrected chi connectivity index (χ0v) is 20.8. The first-order valence-corrected chi connectivity index (χ1v) is 12.5. The largest absolute Gasteiger partial charge is 0.391 e. The lowest BCUT2D eigenvalue weighted by atomic mass is 9.71. The maximum atomic E-state index is 13.6. The van der Waals surface area contributed by atoms with E-state index in [1.54, 1.807) is 12.1 Å². The quantitative estimate of drug-likeness (QED) is 0.282. The zero-order valence-electron chi connectivity index (χ0n) is 20.8. The fourth-order valence-corrected chi connectivity index (χ4v) is 4.98. The summed E-state index contributed by atoms with van der Waals surface area (Å²) in [6, 6.07) is 21.8. The van der Waals surface area contributed by atoms with Crippen LogP contribution in [0.3, 0.4) is 0 Å². The molecule has 0 saturated heterocycles. The van der Waals surface area contributed by atoms with Crippen molar-refractivity contribution in [2.45, 2.75) is 57.6 Å². The maximum Gasteiger partial charge on any atom is 0.226 e. The Labute approximate surface area is 212 Å². The minimum absolute atomic E-state index is 0.0840. The summed E-state index contributed by atoms with van der Waals surface area (Å²) in [6.07, 6.45) is 3.84. The number of hydrogen-bond acceptors (Lipinski definition) is 4. The molecule has 0 aliphatic heterocycles. The zero-order chi connectivity index (χ0) is 25.7. The topological polar surface area (TPSA) is 85.2 Å². The second-order valence-electron chi connectivity index (χ2n) is 10.2. The van der Waals surface area contributed by atoms with Crippen LogP contribution in [0.4, 0.5) is 15.8 Å². The number of amides is 1. The number of anilines is 2. The van der Waals surface area contributed by atoms with Gasteiger partial charge in [0.2, 0.25) is 5.91 Å². The molecule has 1 aliphatic rings. The van der Waals surface area contributed by atoms with Crippen molar-refractivity contribution >= 4 is 23.5 Å². The summed E-state index contributed by atoms with van der Waals surface area (Å²) in [7, 11) is 0. The summed E-state index contributed by atoms with van der Waals surface area (Å²) in [5.74, 6) is -0.561. The number of carbonyl (C=O) groups excluding carboxylic acids is 1. The van der Waals surface area contributed by atoms with E-state index in [4.69, 9.17) is 5.41 Å². The molecule has 0 radical (unpaired) electrons. The van der Waals surface area contributed by atoms with Crippen molar-refractivity contribution in [2.24, 2.45) is 5.41 Å². The minimum Gasteiger partial charge on any atom is -0.391 e. The predicted molar refractivity (Wildman–Crippen MR) is 142 cm³/mol. The second-order valence-corrected chi connectivity index (χ2v) is 10.2. The van der Waals surface area contributed by atoms with Crippen molar-refractivity contribution in [1.82, 2.24) is 5.32 Å². The molecule has 3 aromatic rings. The van der Waals surface area contributed by atoms with E-state index in [-0.39, 0.29) is 23.7 Å². The summed E-state index contributed by atoms with van der Waals surface area (Å²) in [6.45, 7) is 3.90. The number of halogens is 1. The van der Waals surface area contributed by atoms with Crippen molar-refractivity contribution in [3.8, 4) is 0 Å². The van der Waals surface area contributed by atoms with Gasteiger partial charge in [-0.15, -0.1) is 0 Å². The van der Waals surface area contributed by atoms with Gasteiger partial charge in [-0.3, -0.25) is 4.79 Å². The van der Waals surface area contributed by atoms with Crippen molar-refractivity contribution in [3.63, 3.8) is 0 Å². The first-order chi connectivity index (χ1) is 17.3. The first-order valence-electron chi connectivity index (χ1n) is 12.5. The van der Waals surface area contributed by atoms with Crippen LogP contribution in [0.5, 0.6) is 0 Å². The molecule has 3 atom stereocenters. The molecule has 36 heavy (non-hydrogen) atoms. The van der Waals surface area contributed by atoms with E-state index < -0.39 is 11.5 Å². The molecule has 0 aromatic heterocycles. The number of benzene rings is 3. The van der Waals surface area contributed by atoms with E-state index in [2.05, 4.69) is 22.8 Å². The number of carbonyl (C=O) groups is 1. The van der Waals surface area contributed by atoms with Crippen molar-refractivity contribution in [1.29, 1.82) is 5.41 Å². The van der Waals surface area contributed by atoms with E-state index in [1.807, 2.05) is 50.2 Å². The molecule has 0 bridgehead atoms. The van der Waals surface area contributed by atoms with Crippen LogP contribution in [0, 0.1) is 16.6 Å². The lowest BCUT2D eigenvalue weighted by Gasteiger charge is -2.35. The van der Waals surface area contributed by atoms with Crippen LogP contribution in [-0.4, -0.2) is 29.4 Å². The van der Waals surface area contributed by atoms with Gasteiger partial charge in [-0.05, 0) is 73.2 Å². The number of rotatable bonds is 9. The molecule has 4 rings (SSSR count). The maximum absolute atomic E-state index is 13.6. The molecule has 1 saturated carbocycles. The van der Waals surface area contributed by atoms with Gasteiger partial charge in [-0.25, -0.2) is 4.39 Å². The van der Waals surface area contributed by atoms with Gasteiger partial charge in [-0.1, -0.05) is 50.2 Å². The smallest absolute Gasteiger partial charge is 0.226 e. The van der Waals surface area contributed by atoms with Crippen LogP contribution in [-0.2, 0) is 11.2 Å². The number of hydrogen-bond donors (Lipinski definition) is 4. The predicted octanol–water partition coefficient (Wildman–Crippen LogP) is 5.95. The monoisotopic (exact) mass is 487 g/mol. The van der Waals surface area contributed by atoms with Crippen LogP contribution >= 0.6 is 0 Å². The second kappa shape index (κ2) is 11.0. The van der Waals surface area contributed by atoms with Gasteiger partial charge in [0.05, 0.1) is 17.6 Å². The SMILES string of the molecule is CC(C)(C(=O)NC1CCCC1O)C(Cc1ccccc1)c1ccc(Nc2ccc(F)cc2)c(C=N)c1. The Bertz CT molecular complexity index is 1190. The van der Waals surface area contributed by atoms with Crippen LogP contribution < -0.4 is 10.6 Å². The Kier molecular flexibility index (Phi) is 7.85. The number of aliphatic hydroxyl groups excluding tert-OH is 1. The van der Waals surface area contributed by atoms with Crippen LogP contribution in [0.2, 0.25) is 0 Å². The third-order valence-electron chi connectivity index (χ3n) is 7.29. The number of nitrogens with one attached hydrogen (secondary N) is 3. The molecule has 3 unspecified atom stereocenters. The molecule has 1 fully saturated rings.